The summed E-state index contributed by atoms with van der Waals surface area (Å²) in [6.07, 6.45) is 2.21. The monoisotopic (exact) mass is 334 g/mol. The topological polar surface area (TPSA) is 49.4 Å². The van der Waals surface area contributed by atoms with Crippen LogP contribution in [0, 0.1) is 5.92 Å². The predicted octanol–water partition coefficient (Wildman–Crippen LogP) is 2.99. The first-order valence-electron chi connectivity index (χ1n) is 8.25. The number of amides is 2. The normalized spacial score (nSPS) is 16.0. The first-order valence-corrected chi connectivity index (χ1v) is 9.40. The van der Waals surface area contributed by atoms with Crippen molar-refractivity contribution in [3.63, 3.8) is 0 Å². The first-order chi connectivity index (χ1) is 11.0. The van der Waals surface area contributed by atoms with Crippen LogP contribution in [-0.4, -0.2) is 34.9 Å². The summed E-state index contributed by atoms with van der Waals surface area (Å²) in [5, 5.41) is 3.09. The molecule has 1 aliphatic rings. The van der Waals surface area contributed by atoms with Crippen molar-refractivity contribution in [1.29, 1.82) is 0 Å². The summed E-state index contributed by atoms with van der Waals surface area (Å²) in [7, 11) is 0. The number of rotatable bonds is 7. The van der Waals surface area contributed by atoms with Crippen molar-refractivity contribution in [3.05, 3.63) is 35.4 Å². The summed E-state index contributed by atoms with van der Waals surface area (Å²) in [5.41, 5.74) is 2.44. The Hall–Kier alpha value is -1.49. The van der Waals surface area contributed by atoms with E-state index in [-0.39, 0.29) is 24.4 Å². The maximum absolute atomic E-state index is 12.3. The number of nitrogens with one attached hydrogen (secondary N) is 1. The second kappa shape index (κ2) is 8.39. The smallest absolute Gasteiger partial charge is 0.240 e. The number of nitrogens with zero attached hydrogens (tertiary/aromatic N) is 1. The van der Waals surface area contributed by atoms with Crippen molar-refractivity contribution in [2.45, 2.75) is 39.7 Å². The molecule has 1 atom stereocenters. The van der Waals surface area contributed by atoms with E-state index in [9.17, 15) is 9.59 Å². The van der Waals surface area contributed by atoms with Crippen molar-refractivity contribution in [2.24, 2.45) is 5.92 Å². The molecule has 2 amide bonds. The Balaban J connectivity index is 2.00. The fourth-order valence-electron chi connectivity index (χ4n) is 2.75. The average molecular weight is 334 g/mol. The molecule has 1 heterocycles. The highest BCUT2D eigenvalue weighted by molar-refractivity contribution is 8.00. The van der Waals surface area contributed by atoms with E-state index >= 15 is 0 Å². The van der Waals surface area contributed by atoms with Crippen molar-refractivity contribution < 1.29 is 9.59 Å². The third-order valence-corrected chi connectivity index (χ3v) is 4.97. The average Bonchev–Trinajstić information content (AvgIpc) is 2.91. The molecule has 0 aromatic heterocycles. The van der Waals surface area contributed by atoms with Crippen LogP contribution in [0.15, 0.2) is 24.3 Å². The fourth-order valence-corrected chi connectivity index (χ4v) is 3.65. The lowest BCUT2D eigenvalue weighted by Gasteiger charge is -2.24. The second-order valence-electron chi connectivity index (χ2n) is 6.35. The third-order valence-electron chi connectivity index (χ3n) is 4.02. The molecule has 0 saturated carbocycles. The molecule has 1 aromatic rings. The molecule has 0 bridgehead atoms. The molecule has 0 radical (unpaired) electrons. The highest BCUT2D eigenvalue weighted by Crippen LogP contribution is 2.23. The number of carbonyl (C=O) groups excluding carboxylic acids is 2. The van der Waals surface area contributed by atoms with Crippen LogP contribution in [0.4, 0.5) is 0 Å². The van der Waals surface area contributed by atoms with Crippen LogP contribution < -0.4 is 5.32 Å². The standard InChI is InChI=1S/C18H26N2O2S/c1-4-5-14-6-8-15(9-7-14)18(13(2)3)19-16(21)10-20-12-23-11-17(20)22/h6-9,13,18H,4-5,10-12H2,1-3H3,(H,19,21). The van der Waals surface area contributed by atoms with Crippen LogP contribution in [0.2, 0.25) is 0 Å². The molecule has 5 heteroatoms. The molecule has 23 heavy (non-hydrogen) atoms. The van der Waals surface area contributed by atoms with Crippen molar-refractivity contribution in [2.75, 3.05) is 18.2 Å². The van der Waals surface area contributed by atoms with E-state index in [4.69, 9.17) is 0 Å². The summed E-state index contributed by atoms with van der Waals surface area (Å²) < 4.78 is 0. The van der Waals surface area contributed by atoms with E-state index < -0.39 is 0 Å². The van der Waals surface area contributed by atoms with E-state index in [0.717, 1.165) is 18.4 Å². The molecule has 0 spiro atoms. The lowest BCUT2D eigenvalue weighted by molar-refractivity contribution is -0.132. The lowest BCUT2D eigenvalue weighted by Crippen LogP contribution is -2.40. The van der Waals surface area contributed by atoms with Gasteiger partial charge < -0.3 is 10.2 Å². The minimum absolute atomic E-state index is 0.0245. The number of thioether (sulfide) groups is 1. The maximum atomic E-state index is 12.3. The van der Waals surface area contributed by atoms with E-state index in [1.54, 1.807) is 16.7 Å². The zero-order valence-corrected chi connectivity index (χ0v) is 15.0. The number of aryl methyl sites for hydroxylation is 1. The Morgan fingerprint density at radius 3 is 2.52 bits per heavy atom. The van der Waals surface area contributed by atoms with Gasteiger partial charge in [-0.3, -0.25) is 9.59 Å². The molecule has 1 N–H and O–H groups in total. The second-order valence-corrected chi connectivity index (χ2v) is 7.31. The molecule has 1 aromatic carbocycles. The number of hydrogen-bond acceptors (Lipinski definition) is 3. The summed E-state index contributed by atoms with van der Waals surface area (Å²) in [5.74, 6) is 1.36. The minimum Gasteiger partial charge on any atom is -0.347 e. The third kappa shape index (κ3) is 4.99. The van der Waals surface area contributed by atoms with Gasteiger partial charge in [-0.15, -0.1) is 11.8 Å². The van der Waals surface area contributed by atoms with Gasteiger partial charge >= 0.3 is 0 Å². The summed E-state index contributed by atoms with van der Waals surface area (Å²) in [4.78, 5) is 25.5. The van der Waals surface area contributed by atoms with Crippen LogP contribution in [0.3, 0.4) is 0 Å². The van der Waals surface area contributed by atoms with Crippen LogP contribution in [0.1, 0.15) is 44.4 Å². The van der Waals surface area contributed by atoms with E-state index in [1.807, 2.05) is 0 Å². The first kappa shape index (κ1) is 17.9. The largest absolute Gasteiger partial charge is 0.347 e. The molecule has 4 nitrogen and oxygen atoms in total. The van der Waals surface area contributed by atoms with E-state index in [1.165, 1.54) is 5.56 Å². The number of carbonyl (C=O) groups is 2. The number of benzene rings is 1. The summed E-state index contributed by atoms with van der Waals surface area (Å²) in [6.45, 7) is 6.52. The SMILES string of the molecule is CCCc1ccc(C(NC(=O)CN2CSCC2=O)C(C)C)cc1. The molecule has 126 valence electrons. The Morgan fingerprint density at radius 1 is 1.30 bits per heavy atom. The van der Waals surface area contributed by atoms with E-state index in [0.29, 0.717) is 17.5 Å². The molecule has 0 aliphatic carbocycles. The van der Waals surface area contributed by atoms with Gasteiger partial charge in [-0.25, -0.2) is 0 Å². The van der Waals surface area contributed by atoms with Crippen molar-refractivity contribution in [3.8, 4) is 0 Å². The van der Waals surface area contributed by atoms with E-state index in [2.05, 4.69) is 50.4 Å². The molecule has 1 aliphatic heterocycles. The molecular formula is C18H26N2O2S. The highest BCUT2D eigenvalue weighted by Gasteiger charge is 2.25. The van der Waals surface area contributed by atoms with Crippen LogP contribution in [-0.2, 0) is 16.0 Å². The Labute approximate surface area is 143 Å². The van der Waals surface area contributed by atoms with Gasteiger partial charge in [-0.2, -0.15) is 0 Å². The highest BCUT2D eigenvalue weighted by atomic mass is 32.2. The van der Waals surface area contributed by atoms with Crippen molar-refractivity contribution in [1.82, 2.24) is 10.2 Å². The zero-order chi connectivity index (χ0) is 16.8. The minimum atomic E-state index is -0.0859. The van der Waals surface area contributed by atoms with Gasteiger partial charge in [0.15, 0.2) is 0 Å². The Bertz CT molecular complexity index is 542. The maximum Gasteiger partial charge on any atom is 0.240 e. The Morgan fingerprint density at radius 2 is 2.00 bits per heavy atom. The van der Waals surface area contributed by atoms with Gasteiger partial charge in [0.2, 0.25) is 11.8 Å². The van der Waals surface area contributed by atoms with Crippen LogP contribution in [0.5, 0.6) is 0 Å². The molecule has 1 fully saturated rings. The lowest BCUT2D eigenvalue weighted by atomic mass is 9.94. The predicted molar refractivity (Wildman–Crippen MR) is 95.2 cm³/mol. The van der Waals surface area contributed by atoms with Gasteiger partial charge in [0, 0.05) is 0 Å². The van der Waals surface area contributed by atoms with Crippen LogP contribution >= 0.6 is 11.8 Å². The Kier molecular flexibility index (Phi) is 6.51. The van der Waals surface area contributed by atoms with Gasteiger partial charge in [-0.1, -0.05) is 51.5 Å². The summed E-state index contributed by atoms with van der Waals surface area (Å²) in [6, 6.07) is 8.46. The van der Waals surface area contributed by atoms with Gasteiger partial charge in [-0.05, 0) is 23.5 Å². The van der Waals surface area contributed by atoms with Crippen LogP contribution in [0.25, 0.3) is 0 Å². The molecule has 2 rings (SSSR count). The molecule has 1 saturated heterocycles. The number of hydrogen-bond donors (Lipinski definition) is 1. The molecular weight excluding hydrogens is 308 g/mol. The summed E-state index contributed by atoms with van der Waals surface area (Å²) >= 11 is 1.56. The van der Waals surface area contributed by atoms with Gasteiger partial charge in [0.05, 0.1) is 17.7 Å². The van der Waals surface area contributed by atoms with Gasteiger partial charge in [0.1, 0.15) is 6.54 Å². The zero-order valence-electron chi connectivity index (χ0n) is 14.2. The molecule has 1 unspecified atom stereocenters. The van der Waals surface area contributed by atoms with Gasteiger partial charge in [0.25, 0.3) is 0 Å². The van der Waals surface area contributed by atoms with Crippen molar-refractivity contribution >= 4 is 23.6 Å². The quantitative estimate of drug-likeness (QED) is 0.834. The fraction of sp³-hybridized carbons (Fsp3) is 0.556.